The van der Waals surface area contributed by atoms with Crippen LogP contribution >= 0.6 is 43.2 Å². The minimum Gasteiger partial charge on any atom is -0.332 e. The van der Waals surface area contributed by atoms with E-state index in [1.807, 2.05) is 6.07 Å². The van der Waals surface area contributed by atoms with Crippen LogP contribution in [0.4, 0.5) is 0 Å². The van der Waals surface area contributed by atoms with Gasteiger partial charge in [-0.25, -0.2) is 0 Å². The molecule has 1 fully saturated rings. The Kier molecular flexibility index (Phi) is 4.31. The Balaban J connectivity index is 2.24. The van der Waals surface area contributed by atoms with Crippen LogP contribution in [0.15, 0.2) is 14.3 Å². The Morgan fingerprint density at radius 3 is 2.76 bits per heavy atom. The molecule has 0 N–H and O–H groups in total. The molecule has 1 amide bonds. The molecule has 94 valence electrons. The summed E-state index contributed by atoms with van der Waals surface area (Å²) < 4.78 is 1.95. The van der Waals surface area contributed by atoms with Gasteiger partial charge in [-0.2, -0.15) is 0 Å². The molecule has 2 rings (SSSR count). The SMILES string of the molecule is CCC1CCC(C)N1C(=O)c1cc(Br)c(Br)s1. The first kappa shape index (κ1) is 13.6. The van der Waals surface area contributed by atoms with Gasteiger partial charge in [0.05, 0.1) is 8.66 Å². The number of hydrogen-bond acceptors (Lipinski definition) is 2. The molecule has 2 atom stereocenters. The van der Waals surface area contributed by atoms with Crippen molar-refractivity contribution in [3.8, 4) is 0 Å². The topological polar surface area (TPSA) is 20.3 Å². The summed E-state index contributed by atoms with van der Waals surface area (Å²) in [6, 6.07) is 2.69. The fourth-order valence-corrected chi connectivity index (χ4v) is 4.40. The summed E-state index contributed by atoms with van der Waals surface area (Å²) in [5, 5.41) is 0. The fraction of sp³-hybridized carbons (Fsp3) is 0.583. The number of rotatable bonds is 2. The first-order valence-corrected chi connectivity index (χ1v) is 8.22. The molecule has 17 heavy (non-hydrogen) atoms. The van der Waals surface area contributed by atoms with Crippen LogP contribution in [0.25, 0.3) is 0 Å². The molecule has 0 aromatic carbocycles. The van der Waals surface area contributed by atoms with Crippen molar-refractivity contribution in [2.24, 2.45) is 0 Å². The Labute approximate surface area is 123 Å². The van der Waals surface area contributed by atoms with Gasteiger partial charge in [0, 0.05) is 16.6 Å². The Bertz CT molecular complexity index is 413. The van der Waals surface area contributed by atoms with Crippen molar-refractivity contribution in [1.29, 1.82) is 0 Å². The molecule has 2 unspecified atom stereocenters. The third kappa shape index (κ3) is 2.61. The van der Waals surface area contributed by atoms with E-state index in [1.165, 1.54) is 11.3 Å². The summed E-state index contributed by atoms with van der Waals surface area (Å²) in [5.74, 6) is 0.179. The second-order valence-electron chi connectivity index (χ2n) is 4.43. The normalized spacial score (nSPS) is 24.4. The quantitative estimate of drug-likeness (QED) is 0.729. The van der Waals surface area contributed by atoms with Crippen molar-refractivity contribution < 1.29 is 4.79 Å². The number of hydrogen-bond donors (Lipinski definition) is 0. The molecule has 1 aromatic rings. The second-order valence-corrected chi connectivity index (χ2v) is 7.66. The Morgan fingerprint density at radius 1 is 1.53 bits per heavy atom. The monoisotopic (exact) mass is 379 g/mol. The molecule has 0 saturated carbocycles. The van der Waals surface area contributed by atoms with E-state index in [0.29, 0.717) is 12.1 Å². The average molecular weight is 381 g/mol. The number of amides is 1. The van der Waals surface area contributed by atoms with E-state index in [9.17, 15) is 4.79 Å². The van der Waals surface area contributed by atoms with E-state index < -0.39 is 0 Å². The molecule has 0 bridgehead atoms. The highest BCUT2D eigenvalue weighted by Crippen LogP contribution is 2.35. The van der Waals surface area contributed by atoms with E-state index in [2.05, 4.69) is 50.6 Å². The smallest absolute Gasteiger partial charge is 0.264 e. The maximum absolute atomic E-state index is 12.5. The van der Waals surface area contributed by atoms with Crippen molar-refractivity contribution >= 4 is 49.1 Å². The lowest BCUT2D eigenvalue weighted by molar-refractivity contribution is 0.0681. The van der Waals surface area contributed by atoms with E-state index >= 15 is 0 Å². The van der Waals surface area contributed by atoms with Crippen LogP contribution in [0, 0.1) is 0 Å². The Hall–Kier alpha value is 0.130. The zero-order valence-electron chi connectivity index (χ0n) is 9.87. The van der Waals surface area contributed by atoms with Gasteiger partial charge < -0.3 is 4.90 Å². The molecule has 0 aliphatic carbocycles. The van der Waals surface area contributed by atoms with Crippen molar-refractivity contribution in [2.45, 2.75) is 45.2 Å². The number of likely N-dealkylation sites (tertiary alicyclic amines) is 1. The van der Waals surface area contributed by atoms with E-state index in [-0.39, 0.29) is 5.91 Å². The third-order valence-corrected chi connectivity index (χ3v) is 6.59. The highest BCUT2D eigenvalue weighted by Gasteiger charge is 2.34. The molecular weight excluding hydrogens is 366 g/mol. The maximum Gasteiger partial charge on any atom is 0.264 e. The molecule has 2 heterocycles. The fourth-order valence-electron chi connectivity index (χ4n) is 2.42. The van der Waals surface area contributed by atoms with Gasteiger partial charge in [-0.15, -0.1) is 11.3 Å². The summed E-state index contributed by atoms with van der Waals surface area (Å²) in [5.41, 5.74) is 0. The minimum absolute atomic E-state index is 0.179. The molecule has 1 aliphatic heterocycles. The van der Waals surface area contributed by atoms with E-state index in [0.717, 1.165) is 32.4 Å². The van der Waals surface area contributed by atoms with Crippen molar-refractivity contribution in [3.63, 3.8) is 0 Å². The van der Waals surface area contributed by atoms with Gasteiger partial charge in [0.25, 0.3) is 5.91 Å². The van der Waals surface area contributed by atoms with Crippen LogP contribution in [-0.4, -0.2) is 22.9 Å². The molecule has 0 radical (unpaired) electrons. The lowest BCUT2D eigenvalue weighted by Crippen LogP contribution is -2.39. The lowest BCUT2D eigenvalue weighted by Gasteiger charge is -2.27. The summed E-state index contributed by atoms with van der Waals surface area (Å²) in [6.45, 7) is 4.30. The van der Waals surface area contributed by atoms with Crippen molar-refractivity contribution in [3.05, 3.63) is 19.2 Å². The van der Waals surface area contributed by atoms with Gasteiger partial charge in [0.15, 0.2) is 0 Å². The largest absolute Gasteiger partial charge is 0.332 e. The molecule has 1 saturated heterocycles. The van der Waals surface area contributed by atoms with Gasteiger partial charge in [0.2, 0.25) is 0 Å². The molecule has 5 heteroatoms. The van der Waals surface area contributed by atoms with Crippen LogP contribution in [0.2, 0.25) is 0 Å². The van der Waals surface area contributed by atoms with Crippen LogP contribution in [0.5, 0.6) is 0 Å². The first-order valence-electron chi connectivity index (χ1n) is 5.82. The zero-order chi connectivity index (χ0) is 12.6. The predicted molar refractivity (Wildman–Crippen MR) is 78.7 cm³/mol. The maximum atomic E-state index is 12.5. The number of carbonyl (C=O) groups is 1. The van der Waals surface area contributed by atoms with Crippen LogP contribution in [0.1, 0.15) is 42.8 Å². The highest BCUT2D eigenvalue weighted by molar-refractivity contribution is 9.13. The second kappa shape index (κ2) is 5.41. The van der Waals surface area contributed by atoms with Gasteiger partial charge in [-0.1, -0.05) is 6.92 Å². The standard InChI is InChI=1S/C12H15Br2NOS/c1-3-8-5-4-7(2)15(8)12(16)10-6-9(13)11(14)17-10/h6-8H,3-5H2,1-2H3. The third-order valence-electron chi connectivity index (χ3n) is 3.35. The van der Waals surface area contributed by atoms with Crippen LogP contribution in [0.3, 0.4) is 0 Å². The number of carbonyl (C=O) groups excluding carboxylic acids is 1. The number of halogens is 2. The highest BCUT2D eigenvalue weighted by atomic mass is 79.9. The molecule has 0 spiro atoms. The van der Waals surface area contributed by atoms with Crippen LogP contribution in [-0.2, 0) is 0 Å². The Morgan fingerprint density at radius 2 is 2.24 bits per heavy atom. The predicted octanol–water partition coefficient (Wildman–Crippen LogP) is 4.68. The van der Waals surface area contributed by atoms with Crippen molar-refractivity contribution in [1.82, 2.24) is 4.90 Å². The van der Waals surface area contributed by atoms with Gasteiger partial charge >= 0.3 is 0 Å². The molecule has 1 aliphatic rings. The molecular formula is C12H15Br2NOS. The van der Waals surface area contributed by atoms with E-state index in [4.69, 9.17) is 0 Å². The number of thiophene rings is 1. The number of nitrogens with zero attached hydrogens (tertiary/aromatic N) is 1. The van der Waals surface area contributed by atoms with Gasteiger partial charge in [0.1, 0.15) is 0 Å². The van der Waals surface area contributed by atoms with Crippen LogP contribution < -0.4 is 0 Å². The van der Waals surface area contributed by atoms with E-state index in [1.54, 1.807) is 0 Å². The molecule has 2 nitrogen and oxygen atoms in total. The minimum atomic E-state index is 0.179. The molecule has 1 aromatic heterocycles. The zero-order valence-corrected chi connectivity index (χ0v) is 13.9. The summed E-state index contributed by atoms with van der Waals surface area (Å²) in [7, 11) is 0. The van der Waals surface area contributed by atoms with Gasteiger partial charge in [-0.05, 0) is 64.1 Å². The first-order chi connectivity index (χ1) is 8.04. The lowest BCUT2D eigenvalue weighted by atomic mass is 10.1. The summed E-state index contributed by atoms with van der Waals surface area (Å²) >= 11 is 8.38. The van der Waals surface area contributed by atoms with Gasteiger partial charge in [-0.3, -0.25) is 4.79 Å². The van der Waals surface area contributed by atoms with Crippen molar-refractivity contribution in [2.75, 3.05) is 0 Å². The summed E-state index contributed by atoms with van der Waals surface area (Å²) in [4.78, 5) is 15.4. The summed E-state index contributed by atoms with van der Waals surface area (Å²) in [6.07, 6.45) is 3.30. The average Bonchev–Trinajstić information content (AvgIpc) is 2.82.